The molecule has 1 N–H and O–H groups in total. The lowest BCUT2D eigenvalue weighted by atomic mass is 9.96. The molecule has 0 unspecified atom stereocenters. The first-order valence-corrected chi connectivity index (χ1v) is 10.1. The van der Waals surface area contributed by atoms with E-state index in [1.807, 2.05) is 13.8 Å². The number of carbonyl (C=O) groups is 1. The molecule has 0 atom stereocenters. The number of rotatable bonds is 6. The topological polar surface area (TPSA) is 66.5 Å². The zero-order valence-corrected chi connectivity index (χ0v) is 15.6. The summed E-state index contributed by atoms with van der Waals surface area (Å²) < 4.78 is 27.0. The van der Waals surface area contributed by atoms with Crippen LogP contribution >= 0.6 is 0 Å². The van der Waals surface area contributed by atoms with Crippen molar-refractivity contribution in [2.45, 2.75) is 63.3 Å². The second kappa shape index (κ2) is 8.12. The van der Waals surface area contributed by atoms with Crippen LogP contribution in [0.2, 0.25) is 0 Å². The molecule has 1 aromatic carbocycles. The normalized spacial score (nSPS) is 16.5. The fourth-order valence-corrected chi connectivity index (χ4v) is 4.52. The molecule has 0 radical (unpaired) electrons. The lowest BCUT2D eigenvalue weighted by Gasteiger charge is -2.30. The van der Waals surface area contributed by atoms with Gasteiger partial charge in [0.05, 0.1) is 4.90 Å². The first kappa shape index (κ1) is 18.9. The predicted molar refractivity (Wildman–Crippen MR) is 96.3 cm³/mol. The number of nitrogens with one attached hydrogen (secondary N) is 1. The molecule has 0 bridgehead atoms. The van der Waals surface area contributed by atoms with Gasteiger partial charge in [0, 0.05) is 25.2 Å². The average molecular weight is 353 g/mol. The number of benzene rings is 1. The molecule has 5 nitrogen and oxygen atoms in total. The predicted octanol–water partition coefficient (Wildman–Crippen LogP) is 3.62. The Morgan fingerprint density at radius 3 is 2.29 bits per heavy atom. The van der Waals surface area contributed by atoms with Gasteiger partial charge in [-0.15, -0.1) is 0 Å². The second-order valence-corrected chi connectivity index (χ2v) is 8.98. The van der Waals surface area contributed by atoms with E-state index in [-0.39, 0.29) is 22.8 Å². The van der Waals surface area contributed by atoms with Crippen molar-refractivity contribution in [2.75, 3.05) is 12.4 Å². The van der Waals surface area contributed by atoms with Gasteiger partial charge in [-0.2, -0.15) is 4.31 Å². The van der Waals surface area contributed by atoms with E-state index in [1.165, 1.54) is 10.7 Å². The van der Waals surface area contributed by atoms with Crippen LogP contribution in [0.1, 0.15) is 52.4 Å². The summed E-state index contributed by atoms with van der Waals surface area (Å²) in [7, 11) is -1.81. The number of sulfonamides is 1. The van der Waals surface area contributed by atoms with Crippen molar-refractivity contribution in [3.63, 3.8) is 0 Å². The minimum atomic E-state index is -3.48. The minimum Gasteiger partial charge on any atom is -0.326 e. The lowest BCUT2D eigenvalue weighted by Crippen LogP contribution is -2.38. The number of anilines is 1. The highest BCUT2D eigenvalue weighted by atomic mass is 32.2. The molecular weight excluding hydrogens is 324 g/mol. The molecule has 134 valence electrons. The molecule has 6 heteroatoms. The molecule has 0 spiro atoms. The Labute approximate surface area is 145 Å². The molecule has 1 aromatic rings. The third-order valence-corrected chi connectivity index (χ3v) is 6.42. The third kappa shape index (κ3) is 4.80. The van der Waals surface area contributed by atoms with Crippen molar-refractivity contribution in [1.82, 2.24) is 4.31 Å². The number of nitrogens with zero attached hydrogens (tertiary/aromatic N) is 1. The number of hydrogen-bond acceptors (Lipinski definition) is 3. The van der Waals surface area contributed by atoms with Gasteiger partial charge >= 0.3 is 0 Å². The smallest absolute Gasteiger partial charge is 0.243 e. The van der Waals surface area contributed by atoms with E-state index >= 15 is 0 Å². The number of carbonyl (C=O) groups excluding carboxylic acids is 1. The summed E-state index contributed by atoms with van der Waals surface area (Å²) in [6, 6.07) is 6.54. The van der Waals surface area contributed by atoms with E-state index in [2.05, 4.69) is 5.32 Å². The zero-order chi connectivity index (χ0) is 17.7. The van der Waals surface area contributed by atoms with Crippen LogP contribution in [0, 0.1) is 5.92 Å². The van der Waals surface area contributed by atoms with Crippen LogP contribution in [0.3, 0.4) is 0 Å². The monoisotopic (exact) mass is 352 g/mol. The van der Waals surface area contributed by atoms with Crippen LogP contribution in [-0.4, -0.2) is 31.7 Å². The molecule has 1 amide bonds. The molecule has 0 aliphatic heterocycles. The number of amides is 1. The summed E-state index contributed by atoms with van der Waals surface area (Å²) in [4.78, 5) is 12.1. The molecule has 0 aromatic heterocycles. The molecule has 1 aliphatic carbocycles. The Balaban J connectivity index is 2.06. The Morgan fingerprint density at radius 1 is 1.17 bits per heavy atom. The lowest BCUT2D eigenvalue weighted by molar-refractivity contribution is -0.116. The summed E-state index contributed by atoms with van der Waals surface area (Å²) in [5.74, 6) is 0.230. The van der Waals surface area contributed by atoms with Crippen molar-refractivity contribution >= 4 is 21.6 Å². The first-order chi connectivity index (χ1) is 11.3. The van der Waals surface area contributed by atoms with E-state index in [0.717, 1.165) is 25.7 Å². The molecule has 1 fully saturated rings. The van der Waals surface area contributed by atoms with Crippen molar-refractivity contribution < 1.29 is 13.2 Å². The Bertz CT molecular complexity index is 647. The van der Waals surface area contributed by atoms with Gasteiger partial charge in [0.15, 0.2) is 0 Å². The van der Waals surface area contributed by atoms with Gasteiger partial charge < -0.3 is 5.32 Å². The second-order valence-electron chi connectivity index (χ2n) is 6.98. The van der Waals surface area contributed by atoms with E-state index in [1.54, 1.807) is 31.3 Å². The maximum atomic E-state index is 12.7. The SMILES string of the molecule is CC(C)CC(=O)Nc1ccc(S(=O)(=O)N(C)C2CCCCC2)cc1. The van der Waals surface area contributed by atoms with Gasteiger partial charge in [-0.1, -0.05) is 33.1 Å². The molecule has 0 saturated heterocycles. The van der Waals surface area contributed by atoms with Crippen LogP contribution in [0.4, 0.5) is 5.69 Å². The van der Waals surface area contributed by atoms with Crippen molar-refractivity contribution in [1.29, 1.82) is 0 Å². The molecule has 0 heterocycles. The summed E-state index contributed by atoms with van der Waals surface area (Å²) in [6.45, 7) is 3.96. The maximum absolute atomic E-state index is 12.7. The van der Waals surface area contributed by atoms with Gasteiger partial charge in [-0.05, 0) is 43.0 Å². The molecule has 1 aliphatic rings. The standard InChI is InChI=1S/C18H28N2O3S/c1-14(2)13-18(21)19-15-9-11-17(12-10-15)24(22,23)20(3)16-7-5-4-6-8-16/h9-12,14,16H,4-8,13H2,1-3H3,(H,19,21). The zero-order valence-electron chi connectivity index (χ0n) is 14.8. The number of hydrogen-bond donors (Lipinski definition) is 1. The highest BCUT2D eigenvalue weighted by Crippen LogP contribution is 2.27. The fourth-order valence-electron chi connectivity index (χ4n) is 3.10. The van der Waals surface area contributed by atoms with Crippen molar-refractivity contribution in [3.05, 3.63) is 24.3 Å². The Hall–Kier alpha value is -1.40. The summed E-state index contributed by atoms with van der Waals surface area (Å²) in [6.07, 6.45) is 5.68. The fraction of sp³-hybridized carbons (Fsp3) is 0.611. The first-order valence-electron chi connectivity index (χ1n) is 8.68. The van der Waals surface area contributed by atoms with Crippen molar-refractivity contribution in [3.8, 4) is 0 Å². The van der Waals surface area contributed by atoms with E-state index < -0.39 is 10.0 Å². The summed E-state index contributed by atoms with van der Waals surface area (Å²) in [5, 5.41) is 2.80. The van der Waals surface area contributed by atoms with Gasteiger partial charge in [0.1, 0.15) is 0 Å². The molecular formula is C18H28N2O3S. The van der Waals surface area contributed by atoms with Crippen molar-refractivity contribution in [2.24, 2.45) is 5.92 Å². The van der Waals surface area contributed by atoms with E-state index in [4.69, 9.17) is 0 Å². The average Bonchev–Trinajstić information content (AvgIpc) is 2.54. The van der Waals surface area contributed by atoms with Gasteiger partial charge in [0.25, 0.3) is 0 Å². The van der Waals surface area contributed by atoms with Crippen LogP contribution in [0.25, 0.3) is 0 Å². The molecule has 24 heavy (non-hydrogen) atoms. The highest BCUT2D eigenvalue weighted by Gasteiger charge is 2.28. The highest BCUT2D eigenvalue weighted by molar-refractivity contribution is 7.89. The van der Waals surface area contributed by atoms with Crippen LogP contribution in [-0.2, 0) is 14.8 Å². The largest absolute Gasteiger partial charge is 0.326 e. The maximum Gasteiger partial charge on any atom is 0.243 e. The third-order valence-electron chi connectivity index (χ3n) is 4.50. The Morgan fingerprint density at radius 2 is 1.75 bits per heavy atom. The summed E-state index contributed by atoms with van der Waals surface area (Å²) in [5.41, 5.74) is 0.625. The van der Waals surface area contributed by atoms with Crippen LogP contribution < -0.4 is 5.32 Å². The Kier molecular flexibility index (Phi) is 6.40. The minimum absolute atomic E-state index is 0.0556. The van der Waals surface area contributed by atoms with Gasteiger partial charge in [-0.3, -0.25) is 4.79 Å². The molecule has 2 rings (SSSR count). The quantitative estimate of drug-likeness (QED) is 0.850. The van der Waals surface area contributed by atoms with Gasteiger partial charge in [-0.25, -0.2) is 8.42 Å². The van der Waals surface area contributed by atoms with Crippen LogP contribution in [0.15, 0.2) is 29.2 Å². The van der Waals surface area contributed by atoms with E-state index in [9.17, 15) is 13.2 Å². The van der Waals surface area contributed by atoms with E-state index in [0.29, 0.717) is 12.1 Å². The van der Waals surface area contributed by atoms with Gasteiger partial charge in [0.2, 0.25) is 15.9 Å². The summed E-state index contributed by atoms with van der Waals surface area (Å²) >= 11 is 0. The molecule has 1 saturated carbocycles. The van der Waals surface area contributed by atoms with Crippen LogP contribution in [0.5, 0.6) is 0 Å².